The first kappa shape index (κ1) is 17.6. The standard InChI is InChI=1S/C22H17N7O/c1-2-6-16(7-3-1)30-17-11-9-15(10-12-17)26-20-19-21(25-14-24-20)29-22(28-19)27-18-8-4-5-13-23-18/h1-14H,(H3,23,24,25,26,27,28,29). The lowest BCUT2D eigenvalue weighted by Crippen LogP contribution is -1.96. The predicted molar refractivity (Wildman–Crippen MR) is 115 cm³/mol. The number of nitrogens with one attached hydrogen (secondary N) is 3. The highest BCUT2D eigenvalue weighted by Crippen LogP contribution is 2.26. The molecule has 0 radical (unpaired) electrons. The van der Waals surface area contributed by atoms with Gasteiger partial charge in [0.1, 0.15) is 29.2 Å². The van der Waals surface area contributed by atoms with Crippen molar-refractivity contribution in [3.8, 4) is 11.5 Å². The molecule has 0 atom stereocenters. The highest BCUT2D eigenvalue weighted by molar-refractivity contribution is 5.86. The molecule has 0 saturated heterocycles. The van der Waals surface area contributed by atoms with E-state index in [0.717, 1.165) is 17.2 Å². The Balaban J connectivity index is 1.34. The molecule has 0 aliphatic carbocycles. The number of hydrogen-bond acceptors (Lipinski definition) is 7. The summed E-state index contributed by atoms with van der Waals surface area (Å²) in [5, 5.41) is 6.42. The summed E-state index contributed by atoms with van der Waals surface area (Å²) in [6.45, 7) is 0. The molecule has 30 heavy (non-hydrogen) atoms. The van der Waals surface area contributed by atoms with E-state index in [1.807, 2.05) is 72.8 Å². The van der Waals surface area contributed by atoms with Crippen molar-refractivity contribution < 1.29 is 4.74 Å². The van der Waals surface area contributed by atoms with Crippen molar-refractivity contribution in [1.82, 2.24) is 24.9 Å². The first-order valence-electron chi connectivity index (χ1n) is 9.32. The monoisotopic (exact) mass is 395 g/mol. The number of nitrogens with zero attached hydrogens (tertiary/aromatic N) is 4. The van der Waals surface area contributed by atoms with Gasteiger partial charge >= 0.3 is 0 Å². The largest absolute Gasteiger partial charge is 0.457 e. The average Bonchev–Trinajstić information content (AvgIpc) is 3.20. The Kier molecular flexibility index (Phi) is 4.63. The van der Waals surface area contributed by atoms with Gasteiger partial charge in [-0.15, -0.1) is 0 Å². The van der Waals surface area contributed by atoms with Gasteiger partial charge in [-0.25, -0.2) is 15.0 Å². The molecule has 0 bridgehead atoms. The molecule has 3 N–H and O–H groups in total. The molecular formula is C22H17N7O. The van der Waals surface area contributed by atoms with Crippen LogP contribution in [0.15, 0.2) is 85.3 Å². The van der Waals surface area contributed by atoms with Gasteiger partial charge in [-0.1, -0.05) is 24.3 Å². The number of imidazole rings is 1. The van der Waals surface area contributed by atoms with Crippen molar-refractivity contribution in [2.45, 2.75) is 0 Å². The summed E-state index contributed by atoms with van der Waals surface area (Å²) < 4.78 is 5.83. The fraction of sp³-hybridized carbons (Fsp3) is 0. The number of rotatable bonds is 6. The smallest absolute Gasteiger partial charge is 0.208 e. The molecule has 5 rings (SSSR count). The van der Waals surface area contributed by atoms with Gasteiger partial charge in [0.15, 0.2) is 11.5 Å². The van der Waals surface area contributed by atoms with Gasteiger partial charge in [-0.05, 0) is 48.5 Å². The molecule has 2 aromatic carbocycles. The topological polar surface area (TPSA) is 101 Å². The van der Waals surface area contributed by atoms with E-state index < -0.39 is 0 Å². The van der Waals surface area contributed by atoms with Crippen LogP contribution in [0.25, 0.3) is 11.2 Å². The van der Waals surface area contributed by atoms with Crippen LogP contribution < -0.4 is 15.4 Å². The Morgan fingerprint density at radius 2 is 1.53 bits per heavy atom. The second-order valence-electron chi connectivity index (χ2n) is 6.41. The quantitative estimate of drug-likeness (QED) is 0.371. The number of hydrogen-bond donors (Lipinski definition) is 3. The maximum atomic E-state index is 5.83. The van der Waals surface area contributed by atoms with Crippen LogP contribution in [0, 0.1) is 0 Å². The maximum Gasteiger partial charge on any atom is 0.208 e. The minimum Gasteiger partial charge on any atom is -0.457 e. The van der Waals surface area contributed by atoms with Crippen LogP contribution >= 0.6 is 0 Å². The second kappa shape index (κ2) is 7.88. The van der Waals surface area contributed by atoms with E-state index in [1.165, 1.54) is 6.33 Å². The number of fused-ring (bicyclic) bond motifs is 1. The van der Waals surface area contributed by atoms with Crippen LogP contribution in [-0.4, -0.2) is 24.9 Å². The van der Waals surface area contributed by atoms with Crippen LogP contribution in [0.1, 0.15) is 0 Å². The lowest BCUT2D eigenvalue weighted by Gasteiger charge is -2.08. The Morgan fingerprint density at radius 3 is 2.33 bits per heavy atom. The summed E-state index contributed by atoms with van der Waals surface area (Å²) in [6.07, 6.45) is 3.19. The summed E-state index contributed by atoms with van der Waals surface area (Å²) in [4.78, 5) is 20.5. The fourth-order valence-electron chi connectivity index (χ4n) is 2.91. The summed E-state index contributed by atoms with van der Waals surface area (Å²) in [6, 6.07) is 22.9. The first-order valence-corrected chi connectivity index (χ1v) is 9.32. The van der Waals surface area contributed by atoms with Crippen LogP contribution in [0.5, 0.6) is 11.5 Å². The Morgan fingerprint density at radius 1 is 0.733 bits per heavy atom. The van der Waals surface area contributed by atoms with Crippen LogP contribution in [0.4, 0.5) is 23.3 Å². The number of anilines is 4. The zero-order valence-electron chi connectivity index (χ0n) is 15.8. The zero-order valence-corrected chi connectivity index (χ0v) is 15.8. The number of aromatic amines is 1. The van der Waals surface area contributed by atoms with E-state index in [-0.39, 0.29) is 0 Å². The van der Waals surface area contributed by atoms with Crippen LogP contribution in [0.3, 0.4) is 0 Å². The van der Waals surface area contributed by atoms with Crippen molar-refractivity contribution >= 4 is 34.4 Å². The van der Waals surface area contributed by atoms with Gasteiger partial charge < -0.3 is 20.4 Å². The molecule has 0 aliphatic heterocycles. The van der Waals surface area contributed by atoms with Gasteiger partial charge in [0, 0.05) is 11.9 Å². The molecule has 0 amide bonds. The first-order chi connectivity index (χ1) is 14.8. The van der Waals surface area contributed by atoms with Crippen LogP contribution in [0.2, 0.25) is 0 Å². The molecule has 146 valence electrons. The Hall–Kier alpha value is -4.46. The van der Waals surface area contributed by atoms with Crippen LogP contribution in [-0.2, 0) is 0 Å². The molecule has 8 nitrogen and oxygen atoms in total. The van der Waals surface area contributed by atoms with Gasteiger partial charge in [-0.3, -0.25) is 0 Å². The normalized spacial score (nSPS) is 10.7. The van der Waals surface area contributed by atoms with E-state index >= 15 is 0 Å². The predicted octanol–water partition coefficient (Wildman–Crippen LogP) is 5.03. The minimum absolute atomic E-state index is 0.541. The molecule has 8 heteroatoms. The van der Waals surface area contributed by atoms with Crippen molar-refractivity contribution in [3.05, 3.63) is 85.3 Å². The third kappa shape index (κ3) is 3.88. The summed E-state index contributed by atoms with van der Waals surface area (Å²) >= 11 is 0. The molecular weight excluding hydrogens is 378 g/mol. The van der Waals surface area contributed by atoms with Gasteiger partial charge in [0.05, 0.1) is 0 Å². The molecule has 0 fully saturated rings. The van der Waals surface area contributed by atoms with E-state index in [9.17, 15) is 0 Å². The Labute approximate surface area is 172 Å². The van der Waals surface area contributed by atoms with Gasteiger partial charge in [0.25, 0.3) is 0 Å². The summed E-state index contributed by atoms with van der Waals surface area (Å²) in [7, 11) is 0. The molecule has 0 spiro atoms. The summed E-state index contributed by atoms with van der Waals surface area (Å²) in [5.74, 6) is 3.40. The number of pyridine rings is 1. The molecule has 0 aliphatic rings. The van der Waals surface area contributed by atoms with E-state index in [0.29, 0.717) is 28.7 Å². The van der Waals surface area contributed by atoms with Crippen molar-refractivity contribution in [2.75, 3.05) is 10.6 Å². The number of benzene rings is 2. The van der Waals surface area contributed by atoms with Gasteiger partial charge in [0.2, 0.25) is 5.95 Å². The third-order valence-electron chi connectivity index (χ3n) is 4.30. The molecule has 3 heterocycles. The molecule has 3 aromatic heterocycles. The lowest BCUT2D eigenvalue weighted by atomic mass is 10.3. The Bertz CT molecular complexity index is 1260. The highest BCUT2D eigenvalue weighted by Gasteiger charge is 2.10. The minimum atomic E-state index is 0.541. The maximum absolute atomic E-state index is 5.83. The summed E-state index contributed by atoms with van der Waals surface area (Å²) in [5.41, 5.74) is 2.11. The molecule has 0 saturated carbocycles. The third-order valence-corrected chi connectivity index (χ3v) is 4.30. The number of para-hydroxylation sites is 1. The second-order valence-corrected chi connectivity index (χ2v) is 6.41. The molecule has 5 aromatic rings. The SMILES string of the molecule is c1ccc(Oc2ccc(Nc3ncnc4nc(Nc5ccccn5)[nH]c34)cc2)cc1. The average molecular weight is 395 g/mol. The van der Waals surface area contributed by atoms with E-state index in [2.05, 4.69) is 35.6 Å². The zero-order chi connectivity index (χ0) is 20.2. The van der Waals surface area contributed by atoms with E-state index in [4.69, 9.17) is 4.74 Å². The fourth-order valence-corrected chi connectivity index (χ4v) is 2.91. The van der Waals surface area contributed by atoms with Gasteiger partial charge in [-0.2, -0.15) is 4.98 Å². The van der Waals surface area contributed by atoms with Crippen molar-refractivity contribution in [1.29, 1.82) is 0 Å². The highest BCUT2D eigenvalue weighted by atomic mass is 16.5. The lowest BCUT2D eigenvalue weighted by molar-refractivity contribution is 0.483. The van der Waals surface area contributed by atoms with Crippen molar-refractivity contribution in [2.24, 2.45) is 0 Å². The molecule has 0 unspecified atom stereocenters. The van der Waals surface area contributed by atoms with E-state index in [1.54, 1.807) is 6.20 Å². The number of ether oxygens (including phenoxy) is 1. The van der Waals surface area contributed by atoms with Crippen molar-refractivity contribution in [3.63, 3.8) is 0 Å². The number of aromatic nitrogens is 5. The number of H-pyrrole nitrogens is 1.